The van der Waals surface area contributed by atoms with Gasteiger partial charge in [-0.15, -0.1) is 0 Å². The summed E-state index contributed by atoms with van der Waals surface area (Å²) in [5.74, 6) is -1.55. The minimum atomic E-state index is -4.67. The topological polar surface area (TPSA) is 116 Å². The number of ketones is 1. The third-order valence-corrected chi connectivity index (χ3v) is 3.91. The van der Waals surface area contributed by atoms with Gasteiger partial charge >= 0.3 is 16.4 Å². The van der Waals surface area contributed by atoms with Crippen molar-refractivity contribution in [3.8, 4) is 0 Å². The number of carbonyl (C=O) groups excluding carboxylic acids is 2. The van der Waals surface area contributed by atoms with Gasteiger partial charge in [0.25, 0.3) is 0 Å². The molecule has 0 saturated carbocycles. The molecule has 2 unspecified atom stereocenters. The average molecular weight is 374 g/mol. The molecular formula is C16H22O8S. The summed E-state index contributed by atoms with van der Waals surface area (Å²) in [5, 5.41) is 0. The monoisotopic (exact) mass is 374 g/mol. The van der Waals surface area contributed by atoms with Gasteiger partial charge in [0, 0.05) is 6.42 Å². The molecule has 0 radical (unpaired) electrons. The summed E-state index contributed by atoms with van der Waals surface area (Å²) in [6.07, 6.45) is 6.27. The van der Waals surface area contributed by atoms with Crippen LogP contribution in [0.5, 0.6) is 0 Å². The highest BCUT2D eigenvalue weighted by molar-refractivity contribution is 7.80. The van der Waals surface area contributed by atoms with Crippen molar-refractivity contribution < 1.29 is 36.2 Å². The van der Waals surface area contributed by atoms with E-state index < -0.39 is 33.9 Å². The molecule has 1 aliphatic heterocycles. The second-order valence-corrected chi connectivity index (χ2v) is 6.61. The first-order chi connectivity index (χ1) is 11.5. The molecule has 9 heteroatoms. The van der Waals surface area contributed by atoms with Crippen LogP contribution in [0, 0.1) is 0 Å². The van der Waals surface area contributed by atoms with Gasteiger partial charge in [-0.25, -0.2) is 8.98 Å². The van der Waals surface area contributed by atoms with Gasteiger partial charge in [-0.05, 0) is 26.3 Å². The highest BCUT2D eigenvalue weighted by Gasteiger charge is 2.47. The van der Waals surface area contributed by atoms with Crippen molar-refractivity contribution >= 4 is 22.2 Å². The van der Waals surface area contributed by atoms with E-state index >= 15 is 0 Å². The maximum atomic E-state index is 12.6. The van der Waals surface area contributed by atoms with Crippen LogP contribution in [0.1, 0.15) is 33.6 Å². The Hall–Kier alpha value is -1.97. The summed E-state index contributed by atoms with van der Waals surface area (Å²) < 4.78 is 44.9. The number of carbonyl (C=O) groups is 2. The van der Waals surface area contributed by atoms with Crippen LogP contribution in [0.25, 0.3) is 0 Å². The maximum absolute atomic E-state index is 12.6. The van der Waals surface area contributed by atoms with E-state index in [1.807, 2.05) is 13.0 Å². The standard InChI is InChI=1S/C16H22O8S/c1-5-6-7-8-9-16(3)14(17)13(15(18)22-4)12(23-16)10-11(2)24-25(19,20)21/h6-9,11H,5,10H2,1-4H3,(H,19,20,21)/b7-6+,9-8+. The van der Waals surface area contributed by atoms with E-state index in [9.17, 15) is 18.0 Å². The molecule has 1 aliphatic rings. The van der Waals surface area contributed by atoms with Crippen molar-refractivity contribution in [2.45, 2.75) is 45.3 Å². The number of hydrogen-bond donors (Lipinski definition) is 1. The lowest BCUT2D eigenvalue weighted by molar-refractivity contribution is -0.138. The van der Waals surface area contributed by atoms with Crippen molar-refractivity contribution in [2.75, 3.05) is 7.11 Å². The quantitative estimate of drug-likeness (QED) is 0.296. The van der Waals surface area contributed by atoms with Gasteiger partial charge < -0.3 is 9.47 Å². The fourth-order valence-corrected chi connectivity index (χ4v) is 2.73. The Morgan fingerprint density at radius 1 is 1.40 bits per heavy atom. The molecule has 0 aliphatic carbocycles. The van der Waals surface area contributed by atoms with Crippen LogP contribution in [0.3, 0.4) is 0 Å². The van der Waals surface area contributed by atoms with Crippen molar-refractivity contribution in [3.63, 3.8) is 0 Å². The number of methoxy groups -OCH3 is 1. The van der Waals surface area contributed by atoms with Gasteiger partial charge in [-0.1, -0.05) is 25.2 Å². The molecule has 0 spiro atoms. The fraction of sp³-hybridized carbons (Fsp3) is 0.500. The van der Waals surface area contributed by atoms with Crippen molar-refractivity contribution in [1.29, 1.82) is 0 Å². The zero-order valence-corrected chi connectivity index (χ0v) is 15.3. The molecule has 25 heavy (non-hydrogen) atoms. The lowest BCUT2D eigenvalue weighted by Crippen LogP contribution is -2.33. The van der Waals surface area contributed by atoms with E-state index in [0.717, 1.165) is 13.5 Å². The Balaban J connectivity index is 3.11. The van der Waals surface area contributed by atoms with Crippen molar-refractivity contribution in [3.05, 3.63) is 35.6 Å². The summed E-state index contributed by atoms with van der Waals surface area (Å²) in [6, 6.07) is 0. The molecule has 2 atom stereocenters. The SMILES string of the molecule is CC/C=C/C=C/C1(C)OC(CC(C)OS(=O)(=O)O)=C(C(=O)OC)C1=O. The third kappa shape index (κ3) is 5.80. The van der Waals surface area contributed by atoms with Crippen LogP contribution < -0.4 is 0 Å². The van der Waals surface area contributed by atoms with Crippen molar-refractivity contribution in [1.82, 2.24) is 0 Å². The van der Waals surface area contributed by atoms with E-state index in [-0.39, 0.29) is 17.8 Å². The maximum Gasteiger partial charge on any atom is 0.397 e. The smallest absolute Gasteiger partial charge is 0.397 e. The van der Waals surface area contributed by atoms with E-state index in [1.54, 1.807) is 12.2 Å². The van der Waals surface area contributed by atoms with Gasteiger partial charge in [-0.2, -0.15) is 8.42 Å². The second kappa shape index (κ2) is 8.41. The highest BCUT2D eigenvalue weighted by Crippen LogP contribution is 2.35. The molecule has 8 nitrogen and oxygen atoms in total. The Labute approximate surface area is 147 Å². The Morgan fingerprint density at radius 2 is 2.04 bits per heavy atom. The molecule has 1 rings (SSSR count). The molecule has 140 valence electrons. The van der Waals surface area contributed by atoms with E-state index in [4.69, 9.17) is 9.29 Å². The van der Waals surface area contributed by atoms with E-state index in [1.165, 1.54) is 19.9 Å². The Morgan fingerprint density at radius 3 is 2.56 bits per heavy atom. The summed E-state index contributed by atoms with van der Waals surface area (Å²) in [7, 11) is -3.55. The first kappa shape index (κ1) is 21.1. The minimum Gasteiger partial charge on any atom is -0.478 e. The normalized spacial score (nSPS) is 22.7. The largest absolute Gasteiger partial charge is 0.478 e. The second-order valence-electron chi connectivity index (χ2n) is 5.56. The molecule has 0 aromatic heterocycles. The molecule has 0 fully saturated rings. The van der Waals surface area contributed by atoms with E-state index in [0.29, 0.717) is 0 Å². The van der Waals surface area contributed by atoms with Crippen LogP contribution >= 0.6 is 0 Å². The van der Waals surface area contributed by atoms with Gasteiger partial charge in [0.1, 0.15) is 11.3 Å². The highest BCUT2D eigenvalue weighted by atomic mass is 32.3. The lowest BCUT2D eigenvalue weighted by atomic mass is 9.95. The summed E-state index contributed by atoms with van der Waals surface area (Å²) in [4.78, 5) is 24.5. The van der Waals surface area contributed by atoms with Gasteiger partial charge in [0.2, 0.25) is 5.78 Å². The zero-order valence-electron chi connectivity index (χ0n) is 14.5. The van der Waals surface area contributed by atoms with Gasteiger partial charge in [0.15, 0.2) is 5.60 Å². The molecule has 1 N–H and O–H groups in total. The van der Waals surface area contributed by atoms with Crippen LogP contribution in [-0.2, 0) is 33.6 Å². The van der Waals surface area contributed by atoms with Crippen LogP contribution in [0.4, 0.5) is 0 Å². The predicted molar refractivity (Wildman–Crippen MR) is 88.8 cm³/mol. The average Bonchev–Trinajstić information content (AvgIpc) is 2.72. The predicted octanol–water partition coefficient (Wildman–Crippen LogP) is 1.89. The number of ether oxygens (including phenoxy) is 2. The van der Waals surface area contributed by atoms with E-state index in [2.05, 4.69) is 8.92 Å². The fourth-order valence-electron chi connectivity index (χ4n) is 2.25. The first-order valence-corrected chi connectivity index (χ1v) is 8.96. The molecule has 0 saturated heterocycles. The molecule has 0 bridgehead atoms. The number of rotatable bonds is 8. The van der Waals surface area contributed by atoms with Crippen LogP contribution in [0.15, 0.2) is 35.6 Å². The summed E-state index contributed by atoms with van der Waals surface area (Å²) in [5.41, 5.74) is -1.73. The summed E-state index contributed by atoms with van der Waals surface area (Å²) >= 11 is 0. The van der Waals surface area contributed by atoms with Gasteiger partial charge in [0.05, 0.1) is 13.2 Å². The molecular weight excluding hydrogens is 352 g/mol. The van der Waals surface area contributed by atoms with Gasteiger partial charge in [-0.3, -0.25) is 9.35 Å². The lowest BCUT2D eigenvalue weighted by Gasteiger charge is -2.20. The van der Waals surface area contributed by atoms with Crippen LogP contribution in [0.2, 0.25) is 0 Å². The van der Waals surface area contributed by atoms with Crippen LogP contribution in [-0.4, -0.2) is 43.5 Å². The molecule has 0 aromatic rings. The number of allylic oxidation sites excluding steroid dienone is 3. The first-order valence-electron chi connectivity index (χ1n) is 7.59. The third-order valence-electron chi connectivity index (χ3n) is 3.34. The Kier molecular flexibility index (Phi) is 7.09. The summed E-state index contributed by atoms with van der Waals surface area (Å²) in [6.45, 7) is 4.78. The number of Topliss-reactive ketones (excluding diaryl/α,β-unsaturated/α-hetero) is 1. The molecule has 0 amide bonds. The molecule has 1 heterocycles. The number of esters is 1. The minimum absolute atomic E-state index is 0.0559. The number of hydrogen-bond acceptors (Lipinski definition) is 7. The molecule has 0 aromatic carbocycles. The zero-order chi connectivity index (χ0) is 19.3. The Bertz CT molecular complexity index is 716. The van der Waals surface area contributed by atoms with Crippen molar-refractivity contribution in [2.24, 2.45) is 0 Å².